The van der Waals surface area contributed by atoms with Crippen molar-refractivity contribution in [2.24, 2.45) is 0 Å². The molecule has 3 aromatic rings. The number of rotatable bonds is 7. The van der Waals surface area contributed by atoms with Crippen LogP contribution >= 0.6 is 0 Å². The highest BCUT2D eigenvalue weighted by molar-refractivity contribution is 5.79. The predicted molar refractivity (Wildman–Crippen MR) is 125 cm³/mol. The van der Waals surface area contributed by atoms with Gasteiger partial charge < -0.3 is 25.2 Å². The highest BCUT2D eigenvalue weighted by Gasteiger charge is 2.29. The second kappa shape index (κ2) is 9.42. The van der Waals surface area contributed by atoms with E-state index in [-0.39, 0.29) is 19.1 Å². The number of fused-ring (bicyclic) bond motifs is 3. The van der Waals surface area contributed by atoms with Crippen LogP contribution in [0, 0.1) is 0 Å². The first-order valence-electron chi connectivity index (χ1n) is 10.7. The van der Waals surface area contributed by atoms with Gasteiger partial charge in [0.25, 0.3) is 0 Å². The summed E-state index contributed by atoms with van der Waals surface area (Å²) in [7, 11) is 3.74. The van der Waals surface area contributed by atoms with Crippen LogP contribution in [0.25, 0.3) is 11.1 Å². The topological polar surface area (TPSA) is 82.0 Å². The van der Waals surface area contributed by atoms with Crippen molar-refractivity contribution in [2.75, 3.05) is 32.1 Å². The van der Waals surface area contributed by atoms with Gasteiger partial charge in [0.2, 0.25) is 0 Å². The third-order valence-electron chi connectivity index (χ3n) is 5.90. The fourth-order valence-corrected chi connectivity index (χ4v) is 4.30. The molecule has 0 spiro atoms. The molecule has 0 saturated heterocycles. The molecule has 0 bridgehead atoms. The molecule has 2 unspecified atom stereocenters. The van der Waals surface area contributed by atoms with E-state index in [1.54, 1.807) is 12.1 Å². The first-order chi connectivity index (χ1) is 15.5. The van der Waals surface area contributed by atoms with E-state index >= 15 is 0 Å². The number of hydrogen-bond donors (Lipinski definition) is 3. The van der Waals surface area contributed by atoms with Gasteiger partial charge in [-0.15, -0.1) is 0 Å². The third kappa shape index (κ3) is 4.33. The Morgan fingerprint density at radius 1 is 0.938 bits per heavy atom. The highest BCUT2D eigenvalue weighted by Crippen LogP contribution is 2.44. The van der Waals surface area contributed by atoms with E-state index in [4.69, 9.17) is 4.74 Å². The molecule has 166 valence electrons. The molecule has 2 atom stereocenters. The zero-order chi connectivity index (χ0) is 22.7. The highest BCUT2D eigenvalue weighted by atomic mass is 16.5. The average Bonchev–Trinajstić information content (AvgIpc) is 3.14. The Morgan fingerprint density at radius 2 is 1.50 bits per heavy atom. The number of ether oxygens (including phenoxy) is 1. The van der Waals surface area contributed by atoms with Crippen molar-refractivity contribution in [1.29, 1.82) is 0 Å². The van der Waals surface area contributed by atoms with Gasteiger partial charge in [-0.3, -0.25) is 0 Å². The number of carbonyl (C=O) groups excluding carboxylic acids is 1. The molecule has 0 aromatic heterocycles. The van der Waals surface area contributed by atoms with Crippen molar-refractivity contribution in [3.8, 4) is 11.1 Å². The fourth-order valence-electron chi connectivity index (χ4n) is 4.30. The molecule has 3 aromatic carbocycles. The minimum Gasteiger partial charge on any atom is -0.449 e. The van der Waals surface area contributed by atoms with Crippen LogP contribution in [0.3, 0.4) is 0 Å². The average molecular weight is 433 g/mol. The van der Waals surface area contributed by atoms with Crippen molar-refractivity contribution in [3.05, 3.63) is 89.5 Å². The quantitative estimate of drug-likeness (QED) is 0.531. The number of para-hydroxylation sites is 1. The van der Waals surface area contributed by atoms with Crippen molar-refractivity contribution < 1.29 is 19.7 Å². The predicted octanol–water partition coefficient (Wildman–Crippen LogP) is 3.69. The van der Waals surface area contributed by atoms with E-state index in [1.807, 2.05) is 55.4 Å². The van der Waals surface area contributed by atoms with Gasteiger partial charge in [0.1, 0.15) is 18.8 Å². The summed E-state index contributed by atoms with van der Waals surface area (Å²) in [6.45, 7) is 0.0710. The van der Waals surface area contributed by atoms with Crippen molar-refractivity contribution >= 4 is 11.8 Å². The SMILES string of the molecule is CN(C)c1ccccc1C(O)C(O)CNC(=O)OCC1c2ccccc2-c2ccccc21. The Morgan fingerprint density at radius 3 is 2.12 bits per heavy atom. The third-order valence-corrected chi connectivity index (χ3v) is 5.90. The first kappa shape index (κ1) is 21.9. The summed E-state index contributed by atoms with van der Waals surface area (Å²) in [5.41, 5.74) is 6.00. The molecule has 3 N–H and O–H groups in total. The number of anilines is 1. The second-order valence-electron chi connectivity index (χ2n) is 8.17. The number of benzene rings is 3. The van der Waals surface area contributed by atoms with Crippen LogP contribution in [0.2, 0.25) is 0 Å². The zero-order valence-electron chi connectivity index (χ0n) is 18.2. The van der Waals surface area contributed by atoms with Crippen molar-refractivity contribution in [1.82, 2.24) is 5.32 Å². The summed E-state index contributed by atoms with van der Waals surface area (Å²) < 4.78 is 5.49. The standard InChI is InChI=1S/C26H28N2O4/c1-28(2)23-14-8-7-13-21(23)25(30)24(29)15-27-26(31)32-16-22-19-11-5-3-9-17(19)18-10-4-6-12-20(18)22/h3-14,22,24-25,29-30H,15-16H2,1-2H3,(H,27,31). The summed E-state index contributed by atoms with van der Waals surface area (Å²) in [5.74, 6) is -0.0318. The molecular formula is C26H28N2O4. The summed E-state index contributed by atoms with van der Waals surface area (Å²) in [6.07, 6.45) is -2.93. The summed E-state index contributed by atoms with van der Waals surface area (Å²) in [4.78, 5) is 14.2. The molecule has 1 amide bonds. The van der Waals surface area contributed by atoms with Crippen LogP contribution in [0.1, 0.15) is 28.7 Å². The van der Waals surface area contributed by atoms with Crippen LogP contribution in [0.5, 0.6) is 0 Å². The zero-order valence-corrected chi connectivity index (χ0v) is 18.2. The van der Waals surface area contributed by atoms with E-state index in [0.29, 0.717) is 5.56 Å². The van der Waals surface area contributed by atoms with E-state index in [2.05, 4.69) is 29.6 Å². The van der Waals surface area contributed by atoms with E-state index in [1.165, 1.54) is 0 Å². The molecule has 1 aliphatic rings. The summed E-state index contributed by atoms with van der Waals surface area (Å²) in [5, 5.41) is 23.6. The molecular weight excluding hydrogens is 404 g/mol. The van der Waals surface area contributed by atoms with E-state index < -0.39 is 18.3 Å². The molecule has 0 aliphatic heterocycles. The monoisotopic (exact) mass is 432 g/mol. The van der Waals surface area contributed by atoms with Crippen LogP contribution in [-0.4, -0.2) is 49.7 Å². The summed E-state index contributed by atoms with van der Waals surface area (Å²) >= 11 is 0. The maximum atomic E-state index is 12.3. The van der Waals surface area contributed by atoms with Crippen LogP contribution in [-0.2, 0) is 4.74 Å². The Kier molecular flexibility index (Phi) is 6.44. The van der Waals surface area contributed by atoms with Crippen LogP contribution in [0.15, 0.2) is 72.8 Å². The molecule has 6 nitrogen and oxygen atoms in total. The number of alkyl carbamates (subject to hydrolysis) is 1. The number of nitrogens with one attached hydrogen (secondary N) is 1. The molecule has 0 saturated carbocycles. The molecule has 0 fully saturated rings. The number of hydrogen-bond acceptors (Lipinski definition) is 5. The second-order valence-corrected chi connectivity index (χ2v) is 8.17. The minimum absolute atomic E-state index is 0.0318. The van der Waals surface area contributed by atoms with Gasteiger partial charge >= 0.3 is 6.09 Å². The van der Waals surface area contributed by atoms with Crippen molar-refractivity contribution in [2.45, 2.75) is 18.1 Å². The maximum absolute atomic E-state index is 12.3. The van der Waals surface area contributed by atoms with Gasteiger partial charge in [-0.1, -0.05) is 66.7 Å². The number of nitrogens with zero attached hydrogens (tertiary/aromatic N) is 1. The first-order valence-corrected chi connectivity index (χ1v) is 10.7. The number of carbonyl (C=O) groups is 1. The largest absolute Gasteiger partial charge is 0.449 e. The fraction of sp³-hybridized carbons (Fsp3) is 0.269. The lowest BCUT2D eigenvalue weighted by atomic mass is 9.98. The normalized spacial score (nSPS) is 14.2. The molecule has 6 heteroatoms. The maximum Gasteiger partial charge on any atom is 0.407 e. The molecule has 32 heavy (non-hydrogen) atoms. The lowest BCUT2D eigenvalue weighted by Gasteiger charge is -2.24. The molecule has 0 radical (unpaired) electrons. The van der Waals surface area contributed by atoms with Gasteiger partial charge in [-0.25, -0.2) is 4.79 Å². The Bertz CT molecular complexity index is 1050. The number of aliphatic hydroxyl groups excluding tert-OH is 2. The van der Waals surface area contributed by atoms with Crippen LogP contribution in [0.4, 0.5) is 10.5 Å². The molecule has 4 rings (SSSR count). The number of aliphatic hydroxyl groups is 2. The molecule has 1 aliphatic carbocycles. The van der Waals surface area contributed by atoms with Gasteiger partial charge in [0.05, 0.1) is 0 Å². The Hall–Kier alpha value is -3.35. The van der Waals surface area contributed by atoms with Crippen LogP contribution < -0.4 is 10.2 Å². The van der Waals surface area contributed by atoms with Gasteiger partial charge in [0, 0.05) is 37.8 Å². The lowest BCUT2D eigenvalue weighted by Crippen LogP contribution is -2.36. The van der Waals surface area contributed by atoms with Gasteiger partial charge in [-0.05, 0) is 28.3 Å². The minimum atomic E-state index is -1.17. The summed E-state index contributed by atoms with van der Waals surface area (Å²) in [6, 6.07) is 23.6. The lowest BCUT2D eigenvalue weighted by molar-refractivity contribution is 0.0188. The Balaban J connectivity index is 1.35. The Labute approximate surface area is 188 Å². The van der Waals surface area contributed by atoms with E-state index in [9.17, 15) is 15.0 Å². The van der Waals surface area contributed by atoms with E-state index in [0.717, 1.165) is 27.9 Å². The smallest absolute Gasteiger partial charge is 0.407 e. The van der Waals surface area contributed by atoms with Crippen molar-refractivity contribution in [3.63, 3.8) is 0 Å². The van der Waals surface area contributed by atoms with Gasteiger partial charge in [-0.2, -0.15) is 0 Å². The van der Waals surface area contributed by atoms with Gasteiger partial charge in [0.15, 0.2) is 0 Å². The molecule has 0 heterocycles. The number of amides is 1.